The molecule has 0 fully saturated rings. The minimum atomic E-state index is -1.08. The van der Waals surface area contributed by atoms with Gasteiger partial charge in [-0.05, 0) is 13.3 Å². The van der Waals surface area contributed by atoms with Crippen LogP contribution in [-0.2, 0) is 23.9 Å². The predicted molar refractivity (Wildman–Crippen MR) is 75.4 cm³/mol. The van der Waals surface area contributed by atoms with Crippen LogP contribution in [0, 0.1) is 0 Å². The number of allylic oxidation sites excluding steroid dienone is 1. The number of carboxylic acids is 1. The Hall–Kier alpha value is -2.41. The maximum absolute atomic E-state index is 11.0. The van der Waals surface area contributed by atoms with Gasteiger partial charge in [0.25, 0.3) is 0 Å². The molecule has 0 unspecified atom stereocenters. The van der Waals surface area contributed by atoms with Crippen LogP contribution in [0.5, 0.6) is 0 Å². The number of hydrogen-bond acceptors (Lipinski definition) is 6. The highest BCUT2D eigenvalue weighted by atomic mass is 16.5. The minimum Gasteiger partial charge on any atom is -0.478 e. The van der Waals surface area contributed by atoms with Crippen LogP contribution in [0.3, 0.4) is 0 Å². The van der Waals surface area contributed by atoms with Gasteiger partial charge in [0.15, 0.2) is 0 Å². The Labute approximate surface area is 123 Å². The average Bonchev–Trinajstić information content (AvgIpc) is 2.45. The van der Waals surface area contributed by atoms with E-state index in [1.54, 1.807) is 6.92 Å². The average molecular weight is 300 g/mol. The summed E-state index contributed by atoms with van der Waals surface area (Å²) < 4.78 is 8.97. The molecule has 118 valence electrons. The van der Waals surface area contributed by atoms with Gasteiger partial charge in [-0.25, -0.2) is 14.4 Å². The first kappa shape index (κ1) is 20.9. The van der Waals surface area contributed by atoms with Crippen LogP contribution < -0.4 is 0 Å². The van der Waals surface area contributed by atoms with Crippen molar-refractivity contribution < 1.29 is 34.1 Å². The van der Waals surface area contributed by atoms with E-state index in [1.807, 2.05) is 0 Å². The molecule has 0 bridgehead atoms. The fourth-order valence-electron chi connectivity index (χ4n) is 0.827. The summed E-state index contributed by atoms with van der Waals surface area (Å²) in [6.45, 7) is 8.45. The molecule has 0 rings (SSSR count). The van der Waals surface area contributed by atoms with Crippen LogP contribution >= 0.6 is 0 Å². The van der Waals surface area contributed by atoms with E-state index in [-0.39, 0.29) is 31.2 Å². The van der Waals surface area contributed by atoms with E-state index in [0.29, 0.717) is 6.61 Å². The normalized spacial score (nSPS) is 9.24. The molecule has 21 heavy (non-hydrogen) atoms. The van der Waals surface area contributed by atoms with Crippen molar-refractivity contribution in [3.05, 3.63) is 37.0 Å². The highest BCUT2D eigenvalue weighted by Crippen LogP contribution is 2.01. The molecule has 0 aliphatic rings. The standard InChI is InChI=1S/C9H12O5.C5H8O2/c1-7(3-2-4-8(11)12)9(13)14-6-5-10;1-3-5(6)7-4-2/h2,4,10H,1,3,5-6H2,(H,11,12);3H,1,4H2,2H3. The van der Waals surface area contributed by atoms with Gasteiger partial charge in [0.2, 0.25) is 0 Å². The second-order valence-corrected chi connectivity index (χ2v) is 3.36. The van der Waals surface area contributed by atoms with Crippen LogP contribution in [-0.4, -0.2) is 47.9 Å². The van der Waals surface area contributed by atoms with E-state index >= 15 is 0 Å². The summed E-state index contributed by atoms with van der Waals surface area (Å²) in [5, 5.41) is 16.6. The largest absolute Gasteiger partial charge is 0.478 e. The third kappa shape index (κ3) is 15.5. The number of carbonyl (C=O) groups is 3. The van der Waals surface area contributed by atoms with Crippen molar-refractivity contribution in [2.45, 2.75) is 13.3 Å². The van der Waals surface area contributed by atoms with Crippen molar-refractivity contribution >= 4 is 17.9 Å². The van der Waals surface area contributed by atoms with E-state index in [9.17, 15) is 14.4 Å². The van der Waals surface area contributed by atoms with Crippen LogP contribution in [0.1, 0.15) is 13.3 Å². The number of esters is 2. The Balaban J connectivity index is 0. The molecule has 0 aromatic carbocycles. The summed E-state index contributed by atoms with van der Waals surface area (Å²) in [6, 6.07) is 0. The zero-order chi connectivity index (χ0) is 16.7. The molecule has 0 heterocycles. The van der Waals surface area contributed by atoms with E-state index < -0.39 is 11.9 Å². The number of ether oxygens (including phenoxy) is 2. The number of aliphatic hydroxyl groups excluding tert-OH is 1. The molecule has 0 saturated heterocycles. The number of aliphatic carboxylic acids is 1. The number of aliphatic hydroxyl groups is 1. The van der Waals surface area contributed by atoms with Crippen molar-refractivity contribution in [2.75, 3.05) is 19.8 Å². The van der Waals surface area contributed by atoms with Crippen LogP contribution in [0.15, 0.2) is 37.0 Å². The monoisotopic (exact) mass is 300 g/mol. The van der Waals surface area contributed by atoms with Gasteiger partial charge in [0.05, 0.1) is 13.2 Å². The second kappa shape index (κ2) is 14.0. The molecule has 0 aromatic rings. The minimum absolute atomic E-state index is 0.0828. The maximum atomic E-state index is 11.0. The molecule has 7 heteroatoms. The number of carboxylic acid groups (broad SMARTS) is 1. The van der Waals surface area contributed by atoms with E-state index in [2.05, 4.69) is 22.6 Å². The lowest BCUT2D eigenvalue weighted by Gasteiger charge is -2.02. The zero-order valence-corrected chi connectivity index (χ0v) is 11.9. The van der Waals surface area contributed by atoms with Crippen molar-refractivity contribution in [2.24, 2.45) is 0 Å². The lowest BCUT2D eigenvalue weighted by Crippen LogP contribution is -2.09. The van der Waals surface area contributed by atoms with Gasteiger partial charge in [0, 0.05) is 17.7 Å². The smallest absolute Gasteiger partial charge is 0.333 e. The first-order valence-electron chi connectivity index (χ1n) is 6.03. The molecule has 0 amide bonds. The maximum Gasteiger partial charge on any atom is 0.333 e. The lowest BCUT2D eigenvalue weighted by molar-refractivity contribution is -0.140. The van der Waals surface area contributed by atoms with Crippen LogP contribution in [0.25, 0.3) is 0 Å². The van der Waals surface area contributed by atoms with Crippen molar-refractivity contribution in [1.82, 2.24) is 0 Å². The predicted octanol–water partition coefficient (Wildman–Crippen LogP) is 0.845. The van der Waals surface area contributed by atoms with Gasteiger partial charge in [-0.1, -0.05) is 19.2 Å². The van der Waals surface area contributed by atoms with E-state index in [1.165, 1.54) is 6.08 Å². The van der Waals surface area contributed by atoms with E-state index in [4.69, 9.17) is 10.2 Å². The second-order valence-electron chi connectivity index (χ2n) is 3.36. The van der Waals surface area contributed by atoms with Gasteiger partial charge >= 0.3 is 17.9 Å². The Morgan fingerprint density at radius 3 is 2.24 bits per heavy atom. The molecule has 0 saturated carbocycles. The Bertz CT molecular complexity index is 396. The Morgan fingerprint density at radius 1 is 1.24 bits per heavy atom. The third-order valence-corrected chi connectivity index (χ3v) is 1.69. The van der Waals surface area contributed by atoms with Crippen LogP contribution in [0.2, 0.25) is 0 Å². The van der Waals surface area contributed by atoms with Gasteiger partial charge in [-0.2, -0.15) is 0 Å². The quantitative estimate of drug-likeness (QED) is 0.505. The van der Waals surface area contributed by atoms with Crippen molar-refractivity contribution in [1.29, 1.82) is 0 Å². The van der Waals surface area contributed by atoms with Gasteiger partial charge in [-0.15, -0.1) is 0 Å². The van der Waals surface area contributed by atoms with Gasteiger partial charge in [0.1, 0.15) is 6.61 Å². The third-order valence-electron chi connectivity index (χ3n) is 1.69. The number of rotatable bonds is 8. The summed E-state index contributed by atoms with van der Waals surface area (Å²) in [5.74, 6) is -2.07. The molecule has 0 aliphatic carbocycles. The molecule has 0 spiro atoms. The fourth-order valence-corrected chi connectivity index (χ4v) is 0.827. The molecule has 0 aliphatic heterocycles. The molecule has 2 N–H and O–H groups in total. The van der Waals surface area contributed by atoms with Gasteiger partial charge < -0.3 is 19.7 Å². The first-order chi connectivity index (χ1) is 9.88. The molecule has 7 nitrogen and oxygen atoms in total. The SMILES string of the molecule is C=C(CC=CC(=O)O)C(=O)OCCO.C=CC(=O)OCC. The summed E-state index contributed by atoms with van der Waals surface area (Å²) >= 11 is 0. The first-order valence-corrected chi connectivity index (χ1v) is 6.03. The molecular formula is C14H20O7. The molecule has 0 atom stereocenters. The highest BCUT2D eigenvalue weighted by molar-refractivity contribution is 5.88. The highest BCUT2D eigenvalue weighted by Gasteiger charge is 2.05. The van der Waals surface area contributed by atoms with Crippen molar-refractivity contribution in [3.63, 3.8) is 0 Å². The van der Waals surface area contributed by atoms with Gasteiger partial charge in [-0.3, -0.25) is 0 Å². The molecule has 0 aromatic heterocycles. The summed E-state index contributed by atoms with van der Waals surface area (Å²) in [5.41, 5.74) is 0.149. The Morgan fingerprint density at radius 2 is 1.86 bits per heavy atom. The Kier molecular flexibility index (Phi) is 13.9. The number of carbonyl (C=O) groups excluding carboxylic acids is 2. The molecular weight excluding hydrogens is 280 g/mol. The van der Waals surface area contributed by atoms with Crippen LogP contribution in [0.4, 0.5) is 0 Å². The van der Waals surface area contributed by atoms with E-state index in [0.717, 1.165) is 12.2 Å². The van der Waals surface area contributed by atoms with Crippen molar-refractivity contribution in [3.8, 4) is 0 Å². The number of hydrogen-bond donors (Lipinski definition) is 2. The zero-order valence-electron chi connectivity index (χ0n) is 11.9. The lowest BCUT2D eigenvalue weighted by atomic mass is 10.2. The molecule has 0 radical (unpaired) electrons. The fraction of sp³-hybridized carbons (Fsp3) is 0.357. The summed E-state index contributed by atoms with van der Waals surface area (Å²) in [7, 11) is 0. The topological polar surface area (TPSA) is 110 Å². The summed E-state index contributed by atoms with van der Waals surface area (Å²) in [6.07, 6.45) is 3.48. The summed E-state index contributed by atoms with van der Waals surface area (Å²) in [4.78, 5) is 31.1.